The summed E-state index contributed by atoms with van der Waals surface area (Å²) in [5.74, 6) is 0.484. The van der Waals surface area contributed by atoms with Crippen LogP contribution in [0.1, 0.15) is 17.9 Å². The normalized spacial score (nSPS) is 22.4. The average molecular weight is 345 g/mol. The predicted octanol–water partition coefficient (Wildman–Crippen LogP) is 3.13. The SMILES string of the molecule is CN1CC[C@@H](c2ccccc2)[C@@H](COS(=O)(=O)c2ccccc2)C1. The Morgan fingerprint density at radius 2 is 1.67 bits per heavy atom. The van der Waals surface area contributed by atoms with E-state index in [1.807, 2.05) is 18.2 Å². The van der Waals surface area contributed by atoms with Gasteiger partial charge in [-0.1, -0.05) is 48.5 Å². The first-order chi connectivity index (χ1) is 11.6. The highest BCUT2D eigenvalue weighted by Crippen LogP contribution is 2.33. The van der Waals surface area contributed by atoms with Crippen LogP contribution >= 0.6 is 0 Å². The van der Waals surface area contributed by atoms with Crippen LogP contribution in [0.2, 0.25) is 0 Å². The minimum absolute atomic E-state index is 0.157. The maximum atomic E-state index is 12.4. The summed E-state index contributed by atoms with van der Waals surface area (Å²) < 4.78 is 30.1. The van der Waals surface area contributed by atoms with E-state index in [1.165, 1.54) is 5.56 Å². The van der Waals surface area contributed by atoms with Crippen LogP contribution in [0.25, 0.3) is 0 Å². The topological polar surface area (TPSA) is 46.6 Å². The predicted molar refractivity (Wildman–Crippen MR) is 94.4 cm³/mol. The summed E-state index contributed by atoms with van der Waals surface area (Å²) in [6, 6.07) is 18.6. The molecule has 3 rings (SSSR count). The molecule has 128 valence electrons. The molecule has 0 aliphatic carbocycles. The van der Waals surface area contributed by atoms with Crippen molar-refractivity contribution < 1.29 is 12.6 Å². The first-order valence-corrected chi connectivity index (χ1v) is 9.65. The van der Waals surface area contributed by atoms with Crippen LogP contribution < -0.4 is 0 Å². The summed E-state index contributed by atoms with van der Waals surface area (Å²) in [6.45, 7) is 2.06. The highest BCUT2D eigenvalue weighted by Gasteiger charge is 2.30. The van der Waals surface area contributed by atoms with E-state index >= 15 is 0 Å². The Kier molecular flexibility index (Phi) is 5.33. The van der Waals surface area contributed by atoms with E-state index in [4.69, 9.17) is 4.18 Å². The van der Waals surface area contributed by atoms with E-state index in [-0.39, 0.29) is 17.4 Å². The van der Waals surface area contributed by atoms with Crippen LogP contribution in [0.3, 0.4) is 0 Å². The summed E-state index contributed by atoms with van der Waals surface area (Å²) in [5, 5.41) is 0. The smallest absolute Gasteiger partial charge is 0.296 e. The molecule has 0 saturated carbocycles. The summed E-state index contributed by atoms with van der Waals surface area (Å²) in [5.41, 5.74) is 1.26. The lowest BCUT2D eigenvalue weighted by Gasteiger charge is -2.36. The summed E-state index contributed by atoms with van der Waals surface area (Å²) in [7, 11) is -1.63. The highest BCUT2D eigenvalue weighted by atomic mass is 32.2. The monoisotopic (exact) mass is 345 g/mol. The lowest BCUT2D eigenvalue weighted by Crippen LogP contribution is -2.39. The molecule has 1 aliphatic rings. The zero-order valence-corrected chi connectivity index (χ0v) is 14.7. The number of nitrogens with zero attached hydrogens (tertiary/aromatic N) is 1. The fraction of sp³-hybridized carbons (Fsp3) is 0.368. The van der Waals surface area contributed by atoms with Crippen LogP contribution in [-0.4, -0.2) is 40.1 Å². The van der Waals surface area contributed by atoms with Crippen molar-refractivity contribution in [2.75, 3.05) is 26.7 Å². The molecule has 0 N–H and O–H groups in total. The number of likely N-dealkylation sites (tertiary alicyclic amines) is 1. The van der Waals surface area contributed by atoms with E-state index in [0.29, 0.717) is 5.92 Å². The first kappa shape index (κ1) is 17.1. The molecule has 0 spiro atoms. The van der Waals surface area contributed by atoms with Gasteiger partial charge < -0.3 is 4.90 Å². The molecule has 4 nitrogen and oxygen atoms in total. The fourth-order valence-corrected chi connectivity index (χ4v) is 4.33. The number of piperidine rings is 1. The Labute approximate surface area is 144 Å². The minimum atomic E-state index is -3.70. The minimum Gasteiger partial charge on any atom is -0.306 e. The van der Waals surface area contributed by atoms with Crippen molar-refractivity contribution in [2.24, 2.45) is 5.92 Å². The maximum Gasteiger partial charge on any atom is 0.296 e. The molecule has 1 fully saturated rings. The largest absolute Gasteiger partial charge is 0.306 e. The number of hydrogen-bond acceptors (Lipinski definition) is 4. The molecule has 0 unspecified atom stereocenters. The molecule has 0 radical (unpaired) electrons. The van der Waals surface area contributed by atoms with Crippen molar-refractivity contribution >= 4 is 10.1 Å². The van der Waals surface area contributed by atoms with Crippen molar-refractivity contribution in [3.8, 4) is 0 Å². The standard InChI is InChI=1S/C19H23NO3S/c1-20-13-12-19(16-8-4-2-5-9-16)17(14-20)15-23-24(21,22)18-10-6-3-7-11-18/h2-11,17,19H,12-15H2,1H3/t17-,19+/m1/s1. The van der Waals surface area contributed by atoms with Gasteiger partial charge in [-0.3, -0.25) is 4.18 Å². The third-order valence-corrected chi connectivity index (χ3v) is 5.93. The van der Waals surface area contributed by atoms with Gasteiger partial charge in [-0.15, -0.1) is 0 Å². The molecule has 24 heavy (non-hydrogen) atoms. The molecule has 1 saturated heterocycles. The van der Waals surface area contributed by atoms with Gasteiger partial charge in [0, 0.05) is 12.5 Å². The van der Waals surface area contributed by atoms with Gasteiger partial charge in [0.15, 0.2) is 0 Å². The van der Waals surface area contributed by atoms with E-state index in [1.54, 1.807) is 30.3 Å². The van der Waals surface area contributed by atoms with E-state index in [2.05, 4.69) is 24.1 Å². The van der Waals surface area contributed by atoms with Crippen molar-refractivity contribution in [3.05, 3.63) is 66.2 Å². The number of benzene rings is 2. The highest BCUT2D eigenvalue weighted by molar-refractivity contribution is 7.86. The van der Waals surface area contributed by atoms with Crippen molar-refractivity contribution in [1.82, 2.24) is 4.90 Å². The van der Waals surface area contributed by atoms with Gasteiger partial charge in [-0.05, 0) is 43.6 Å². The molecule has 5 heteroatoms. The molecule has 1 heterocycles. The fourth-order valence-electron chi connectivity index (χ4n) is 3.35. The Hall–Kier alpha value is -1.69. The Morgan fingerprint density at radius 1 is 1.04 bits per heavy atom. The molecule has 1 aliphatic heterocycles. The van der Waals surface area contributed by atoms with Gasteiger partial charge in [0.2, 0.25) is 0 Å². The van der Waals surface area contributed by atoms with Crippen LogP contribution in [-0.2, 0) is 14.3 Å². The second kappa shape index (κ2) is 7.47. The number of rotatable bonds is 5. The third-order valence-electron chi connectivity index (χ3n) is 4.63. The average Bonchev–Trinajstić information content (AvgIpc) is 2.62. The van der Waals surface area contributed by atoms with E-state index < -0.39 is 10.1 Å². The van der Waals surface area contributed by atoms with E-state index in [0.717, 1.165) is 19.5 Å². The summed E-state index contributed by atoms with van der Waals surface area (Å²) >= 11 is 0. The maximum absolute atomic E-state index is 12.4. The van der Waals surface area contributed by atoms with Crippen molar-refractivity contribution in [2.45, 2.75) is 17.2 Å². The molecule has 2 atom stereocenters. The number of hydrogen-bond donors (Lipinski definition) is 0. The van der Waals surface area contributed by atoms with Gasteiger partial charge in [0.1, 0.15) is 0 Å². The molecular weight excluding hydrogens is 322 g/mol. The lowest BCUT2D eigenvalue weighted by atomic mass is 9.81. The van der Waals surface area contributed by atoms with Gasteiger partial charge in [-0.25, -0.2) is 0 Å². The van der Waals surface area contributed by atoms with Gasteiger partial charge >= 0.3 is 0 Å². The second-order valence-electron chi connectivity index (χ2n) is 6.38. The van der Waals surface area contributed by atoms with E-state index in [9.17, 15) is 8.42 Å². The molecule has 0 aromatic heterocycles. The Bertz CT molecular complexity index is 747. The zero-order valence-electron chi connectivity index (χ0n) is 13.8. The quantitative estimate of drug-likeness (QED) is 0.781. The van der Waals surface area contributed by atoms with Gasteiger partial charge in [0.05, 0.1) is 11.5 Å². The zero-order chi connectivity index (χ0) is 17.0. The molecular formula is C19H23NO3S. The Morgan fingerprint density at radius 3 is 2.33 bits per heavy atom. The second-order valence-corrected chi connectivity index (χ2v) is 8.00. The molecule has 0 amide bonds. The summed E-state index contributed by atoms with van der Waals surface area (Å²) in [6.07, 6.45) is 1.01. The lowest BCUT2D eigenvalue weighted by molar-refractivity contribution is 0.132. The van der Waals surface area contributed by atoms with Crippen molar-refractivity contribution in [3.63, 3.8) is 0 Å². The summed E-state index contributed by atoms with van der Waals surface area (Å²) in [4.78, 5) is 2.45. The molecule has 2 aromatic carbocycles. The van der Waals surface area contributed by atoms with Crippen molar-refractivity contribution in [1.29, 1.82) is 0 Å². The Balaban J connectivity index is 1.74. The third kappa shape index (κ3) is 4.04. The van der Waals surface area contributed by atoms with Crippen LogP contribution in [0.5, 0.6) is 0 Å². The van der Waals surface area contributed by atoms with Crippen LogP contribution in [0.4, 0.5) is 0 Å². The molecule has 0 bridgehead atoms. The van der Waals surface area contributed by atoms with Crippen LogP contribution in [0, 0.1) is 5.92 Å². The molecule has 2 aromatic rings. The van der Waals surface area contributed by atoms with Crippen LogP contribution in [0.15, 0.2) is 65.6 Å². The first-order valence-electron chi connectivity index (χ1n) is 8.24. The van der Waals surface area contributed by atoms with Gasteiger partial charge in [0.25, 0.3) is 10.1 Å². The van der Waals surface area contributed by atoms with Gasteiger partial charge in [-0.2, -0.15) is 8.42 Å².